The third kappa shape index (κ3) is 3.07. The summed E-state index contributed by atoms with van der Waals surface area (Å²) < 4.78 is 42.7. The standard InChI is InChI=1S/C15H13FN4O2S/c1-11-3-4-15(12(16)9-11)23(21,22)19-13-10-17-7-5-14(13)20-8-2-6-18-20/h2-10,19H,1H3. The Morgan fingerprint density at radius 3 is 2.74 bits per heavy atom. The first-order chi connectivity index (χ1) is 11.0. The molecule has 0 aliphatic heterocycles. The second-order valence-corrected chi connectivity index (χ2v) is 6.53. The number of anilines is 1. The Bertz CT molecular complexity index is 940. The molecule has 118 valence electrons. The van der Waals surface area contributed by atoms with Gasteiger partial charge in [0.25, 0.3) is 10.0 Å². The second kappa shape index (κ2) is 5.81. The van der Waals surface area contributed by atoms with Crippen LogP contribution < -0.4 is 4.72 Å². The van der Waals surface area contributed by atoms with Gasteiger partial charge < -0.3 is 0 Å². The minimum atomic E-state index is -4.08. The van der Waals surface area contributed by atoms with Gasteiger partial charge in [-0.05, 0) is 36.8 Å². The molecule has 0 spiro atoms. The Kier molecular flexibility index (Phi) is 3.83. The summed E-state index contributed by atoms with van der Waals surface area (Å²) >= 11 is 0. The predicted molar refractivity (Wildman–Crippen MR) is 83.3 cm³/mol. The van der Waals surface area contributed by atoms with Crippen LogP contribution in [0.2, 0.25) is 0 Å². The molecule has 0 aliphatic rings. The fourth-order valence-electron chi connectivity index (χ4n) is 2.10. The molecule has 0 bridgehead atoms. The zero-order valence-corrected chi connectivity index (χ0v) is 13.0. The van der Waals surface area contributed by atoms with Crippen LogP contribution in [0.1, 0.15) is 5.56 Å². The van der Waals surface area contributed by atoms with E-state index in [0.29, 0.717) is 11.3 Å². The zero-order chi connectivity index (χ0) is 16.4. The monoisotopic (exact) mass is 332 g/mol. The fraction of sp³-hybridized carbons (Fsp3) is 0.0667. The highest BCUT2D eigenvalue weighted by Crippen LogP contribution is 2.23. The lowest BCUT2D eigenvalue weighted by Crippen LogP contribution is -2.16. The molecule has 0 saturated carbocycles. The van der Waals surface area contributed by atoms with E-state index in [-0.39, 0.29) is 5.69 Å². The van der Waals surface area contributed by atoms with Crippen LogP contribution in [-0.2, 0) is 10.0 Å². The Hall–Kier alpha value is -2.74. The van der Waals surface area contributed by atoms with Crippen molar-refractivity contribution >= 4 is 15.7 Å². The summed E-state index contributed by atoms with van der Waals surface area (Å²) in [6, 6.07) is 7.26. The third-order valence-electron chi connectivity index (χ3n) is 3.17. The number of rotatable bonds is 4. The van der Waals surface area contributed by atoms with Crippen molar-refractivity contribution in [2.75, 3.05) is 4.72 Å². The number of pyridine rings is 1. The number of aryl methyl sites for hydroxylation is 1. The van der Waals surface area contributed by atoms with Gasteiger partial charge in [0.15, 0.2) is 0 Å². The summed E-state index contributed by atoms with van der Waals surface area (Å²) in [4.78, 5) is 3.49. The molecule has 0 unspecified atom stereocenters. The second-order valence-electron chi connectivity index (χ2n) is 4.88. The number of nitrogens with one attached hydrogen (secondary N) is 1. The summed E-state index contributed by atoms with van der Waals surface area (Å²) in [6.07, 6.45) is 6.10. The summed E-state index contributed by atoms with van der Waals surface area (Å²) in [6.45, 7) is 1.68. The topological polar surface area (TPSA) is 76.9 Å². The highest BCUT2D eigenvalue weighted by atomic mass is 32.2. The van der Waals surface area contributed by atoms with E-state index >= 15 is 0 Å². The summed E-state index contributed by atoms with van der Waals surface area (Å²) in [7, 11) is -4.08. The molecule has 23 heavy (non-hydrogen) atoms. The third-order valence-corrected chi connectivity index (χ3v) is 4.57. The predicted octanol–water partition coefficient (Wildman–Crippen LogP) is 2.52. The maximum atomic E-state index is 14.0. The van der Waals surface area contributed by atoms with Crippen molar-refractivity contribution in [2.24, 2.45) is 0 Å². The van der Waals surface area contributed by atoms with E-state index in [9.17, 15) is 12.8 Å². The van der Waals surface area contributed by atoms with E-state index in [4.69, 9.17) is 0 Å². The van der Waals surface area contributed by atoms with Gasteiger partial charge in [-0.1, -0.05) is 6.07 Å². The van der Waals surface area contributed by atoms with Gasteiger partial charge in [0.2, 0.25) is 0 Å². The van der Waals surface area contributed by atoms with E-state index in [1.807, 2.05) is 0 Å². The molecule has 0 aliphatic carbocycles. The molecule has 0 saturated heterocycles. The number of nitrogens with zero attached hydrogens (tertiary/aromatic N) is 3. The molecule has 6 nitrogen and oxygen atoms in total. The molecule has 1 aromatic carbocycles. The van der Waals surface area contributed by atoms with E-state index in [1.54, 1.807) is 31.5 Å². The number of aromatic nitrogens is 3. The minimum Gasteiger partial charge on any atom is -0.276 e. The molecule has 3 rings (SSSR count). The summed E-state index contributed by atoms with van der Waals surface area (Å²) in [5.74, 6) is -0.804. The van der Waals surface area contributed by atoms with E-state index in [1.165, 1.54) is 35.3 Å². The molecule has 2 aromatic heterocycles. The molecule has 0 atom stereocenters. The first-order valence-corrected chi connectivity index (χ1v) is 8.19. The van der Waals surface area contributed by atoms with Crippen LogP contribution in [0.3, 0.4) is 0 Å². The van der Waals surface area contributed by atoms with E-state index in [2.05, 4.69) is 14.8 Å². The maximum absolute atomic E-state index is 14.0. The molecule has 3 aromatic rings. The van der Waals surface area contributed by atoms with Crippen molar-refractivity contribution in [1.29, 1.82) is 0 Å². The molecular weight excluding hydrogens is 319 g/mol. The molecule has 8 heteroatoms. The first kappa shape index (κ1) is 15.2. The molecular formula is C15H13FN4O2S. The zero-order valence-electron chi connectivity index (χ0n) is 12.1. The number of hydrogen-bond acceptors (Lipinski definition) is 4. The fourth-order valence-corrected chi connectivity index (χ4v) is 3.22. The lowest BCUT2D eigenvalue weighted by atomic mass is 10.2. The van der Waals surface area contributed by atoms with Crippen LogP contribution >= 0.6 is 0 Å². The van der Waals surface area contributed by atoms with Crippen LogP contribution in [0.5, 0.6) is 0 Å². The Morgan fingerprint density at radius 1 is 1.22 bits per heavy atom. The van der Waals surface area contributed by atoms with Crippen LogP contribution in [0.15, 0.2) is 60.0 Å². The molecule has 2 heterocycles. The lowest BCUT2D eigenvalue weighted by Gasteiger charge is -2.12. The number of hydrogen-bond donors (Lipinski definition) is 1. The van der Waals surface area contributed by atoms with Gasteiger partial charge in [-0.15, -0.1) is 0 Å². The number of benzene rings is 1. The molecule has 0 amide bonds. The Morgan fingerprint density at radius 2 is 2.04 bits per heavy atom. The van der Waals surface area contributed by atoms with Crippen LogP contribution in [0.4, 0.5) is 10.1 Å². The van der Waals surface area contributed by atoms with Crippen molar-refractivity contribution in [3.05, 3.63) is 66.5 Å². The summed E-state index contributed by atoms with van der Waals surface area (Å²) in [5.41, 5.74) is 1.33. The van der Waals surface area contributed by atoms with Crippen LogP contribution in [-0.4, -0.2) is 23.2 Å². The SMILES string of the molecule is Cc1ccc(S(=O)(=O)Nc2cnccc2-n2cccn2)c(F)c1. The first-order valence-electron chi connectivity index (χ1n) is 6.70. The van der Waals surface area contributed by atoms with Crippen molar-refractivity contribution in [3.8, 4) is 5.69 Å². The lowest BCUT2D eigenvalue weighted by molar-refractivity contribution is 0.569. The molecule has 0 radical (unpaired) electrons. The van der Waals surface area contributed by atoms with Crippen molar-refractivity contribution in [1.82, 2.24) is 14.8 Å². The molecule has 0 fully saturated rings. The normalized spacial score (nSPS) is 11.4. The summed E-state index contributed by atoms with van der Waals surface area (Å²) in [5, 5.41) is 4.06. The van der Waals surface area contributed by atoms with Gasteiger partial charge in [0.1, 0.15) is 10.7 Å². The van der Waals surface area contributed by atoms with Gasteiger partial charge in [-0.25, -0.2) is 17.5 Å². The minimum absolute atomic E-state index is 0.205. The van der Waals surface area contributed by atoms with Gasteiger partial charge in [0.05, 0.1) is 17.6 Å². The van der Waals surface area contributed by atoms with Crippen molar-refractivity contribution in [3.63, 3.8) is 0 Å². The largest absolute Gasteiger partial charge is 0.276 e. The van der Waals surface area contributed by atoms with Gasteiger partial charge in [0, 0.05) is 18.6 Å². The average Bonchev–Trinajstić information content (AvgIpc) is 3.01. The maximum Gasteiger partial charge on any atom is 0.264 e. The Labute approximate surface area is 132 Å². The van der Waals surface area contributed by atoms with Gasteiger partial charge in [-0.3, -0.25) is 9.71 Å². The van der Waals surface area contributed by atoms with Crippen molar-refractivity contribution < 1.29 is 12.8 Å². The van der Waals surface area contributed by atoms with E-state index < -0.39 is 20.7 Å². The number of sulfonamides is 1. The smallest absolute Gasteiger partial charge is 0.264 e. The average molecular weight is 332 g/mol. The van der Waals surface area contributed by atoms with Gasteiger partial charge >= 0.3 is 0 Å². The number of halogens is 1. The van der Waals surface area contributed by atoms with Crippen molar-refractivity contribution in [2.45, 2.75) is 11.8 Å². The van der Waals surface area contributed by atoms with Crippen LogP contribution in [0, 0.1) is 12.7 Å². The van der Waals surface area contributed by atoms with Gasteiger partial charge in [-0.2, -0.15) is 5.10 Å². The highest BCUT2D eigenvalue weighted by Gasteiger charge is 2.21. The Balaban J connectivity index is 2.02. The quantitative estimate of drug-likeness (QED) is 0.796. The van der Waals surface area contributed by atoms with E-state index in [0.717, 1.165) is 0 Å². The highest BCUT2D eigenvalue weighted by molar-refractivity contribution is 7.92. The molecule has 1 N–H and O–H groups in total. The van der Waals surface area contributed by atoms with Crippen LogP contribution in [0.25, 0.3) is 5.69 Å².